The molecule has 0 radical (unpaired) electrons. The molecule has 0 saturated heterocycles. The summed E-state index contributed by atoms with van der Waals surface area (Å²) in [5.41, 5.74) is 8.23. The quantitative estimate of drug-likeness (QED) is 0.108. The first-order valence-corrected chi connectivity index (χ1v) is 16.7. The zero-order valence-corrected chi connectivity index (χ0v) is 28.7. The van der Waals surface area contributed by atoms with E-state index in [-0.39, 0.29) is 30.2 Å². The molecule has 7 heteroatoms. The molecule has 0 aliphatic rings. The van der Waals surface area contributed by atoms with E-state index in [1.54, 1.807) is 24.3 Å². The number of amides is 2. The van der Waals surface area contributed by atoms with Gasteiger partial charge in [0.05, 0.1) is 5.92 Å². The van der Waals surface area contributed by atoms with E-state index >= 15 is 0 Å². The van der Waals surface area contributed by atoms with E-state index in [9.17, 15) is 14.4 Å². The van der Waals surface area contributed by atoms with Gasteiger partial charge in [-0.3, -0.25) is 9.59 Å². The molecular formula is C41H38Cl2N2O3. The van der Waals surface area contributed by atoms with Crippen LogP contribution >= 0.6 is 23.2 Å². The fourth-order valence-corrected chi connectivity index (χ4v) is 6.01. The van der Waals surface area contributed by atoms with Gasteiger partial charge in [0.15, 0.2) is 0 Å². The predicted molar refractivity (Wildman–Crippen MR) is 197 cm³/mol. The number of carbonyl (C=O) groups is 3. The van der Waals surface area contributed by atoms with Crippen LogP contribution in [0.1, 0.15) is 60.2 Å². The first-order chi connectivity index (χ1) is 23.0. The highest BCUT2D eigenvalue weighted by Gasteiger charge is 2.22. The van der Waals surface area contributed by atoms with Crippen LogP contribution in [-0.2, 0) is 21.4 Å². The van der Waals surface area contributed by atoms with Gasteiger partial charge in [-0.25, -0.2) is 0 Å². The van der Waals surface area contributed by atoms with Crippen molar-refractivity contribution >= 4 is 47.0 Å². The Labute approximate surface area is 292 Å². The molecule has 244 valence electrons. The third-order valence-corrected chi connectivity index (χ3v) is 8.86. The minimum absolute atomic E-state index is 0.0740. The first-order valence-electron chi connectivity index (χ1n) is 15.9. The second-order valence-corrected chi connectivity index (χ2v) is 13.6. The molecule has 0 bridgehead atoms. The second-order valence-electron chi connectivity index (χ2n) is 12.8. The highest BCUT2D eigenvalue weighted by atomic mass is 35.5. The van der Waals surface area contributed by atoms with Crippen LogP contribution in [0.25, 0.3) is 22.3 Å². The van der Waals surface area contributed by atoms with E-state index < -0.39 is 5.92 Å². The number of carbonyl (C=O) groups excluding carboxylic acids is 3. The minimum atomic E-state index is -0.500. The molecule has 0 aromatic heterocycles. The Morgan fingerprint density at radius 3 is 1.94 bits per heavy atom. The van der Waals surface area contributed by atoms with Crippen LogP contribution in [0.15, 0.2) is 115 Å². The molecule has 2 amide bonds. The van der Waals surface area contributed by atoms with Gasteiger partial charge in [-0.2, -0.15) is 0 Å². The Morgan fingerprint density at radius 2 is 1.35 bits per heavy atom. The van der Waals surface area contributed by atoms with Crippen LogP contribution in [0.5, 0.6) is 0 Å². The van der Waals surface area contributed by atoms with E-state index in [0.29, 0.717) is 27.7 Å². The lowest BCUT2D eigenvalue weighted by Gasteiger charge is -2.20. The highest BCUT2D eigenvalue weighted by Crippen LogP contribution is 2.32. The van der Waals surface area contributed by atoms with Crippen molar-refractivity contribution in [2.75, 3.05) is 11.9 Å². The Hall–Kier alpha value is -4.71. The Bertz CT molecular complexity index is 1880. The number of aldehydes is 1. The topological polar surface area (TPSA) is 75.3 Å². The molecule has 1 atom stereocenters. The number of rotatable bonds is 11. The van der Waals surface area contributed by atoms with Crippen molar-refractivity contribution in [3.63, 3.8) is 0 Å². The first kappa shape index (κ1) is 34.6. The van der Waals surface area contributed by atoms with Crippen molar-refractivity contribution in [3.05, 3.63) is 148 Å². The molecule has 5 nitrogen and oxygen atoms in total. The van der Waals surface area contributed by atoms with Gasteiger partial charge in [0, 0.05) is 39.8 Å². The van der Waals surface area contributed by atoms with Crippen molar-refractivity contribution in [3.8, 4) is 22.3 Å². The standard InChI is InChI=1S/C41H38Cl2N2O3/c1-41(2,3)33-17-13-29(14-18-33)28-9-11-31(12-10-28)37(25-27-5-7-32(8-6-27)39(47)44-23-4-24-46)40(48)45-35-20-15-30(16-21-35)36-22-19-34(42)26-38(36)43/h5-22,24,26,37H,4,23,25H2,1-3H3,(H,44,47)(H,45,48). The van der Waals surface area contributed by atoms with Gasteiger partial charge >= 0.3 is 0 Å². The van der Waals surface area contributed by atoms with Crippen LogP contribution in [0, 0.1) is 0 Å². The largest absolute Gasteiger partial charge is 0.352 e. The van der Waals surface area contributed by atoms with Gasteiger partial charge in [0.25, 0.3) is 5.91 Å². The molecule has 5 rings (SSSR count). The van der Waals surface area contributed by atoms with Crippen LogP contribution in [0.3, 0.4) is 0 Å². The highest BCUT2D eigenvalue weighted by molar-refractivity contribution is 6.36. The molecule has 0 saturated carbocycles. The molecular weight excluding hydrogens is 639 g/mol. The van der Waals surface area contributed by atoms with Gasteiger partial charge in [0.2, 0.25) is 5.91 Å². The van der Waals surface area contributed by atoms with Gasteiger partial charge < -0.3 is 15.4 Å². The molecule has 5 aromatic rings. The summed E-state index contributed by atoms with van der Waals surface area (Å²) in [5.74, 6) is -0.891. The van der Waals surface area contributed by atoms with Crippen molar-refractivity contribution in [2.45, 2.75) is 44.9 Å². The zero-order chi connectivity index (χ0) is 34.3. The van der Waals surface area contributed by atoms with Gasteiger partial charge in [-0.15, -0.1) is 0 Å². The third kappa shape index (κ3) is 8.80. The molecule has 48 heavy (non-hydrogen) atoms. The number of halogens is 2. The molecule has 0 spiro atoms. The van der Waals surface area contributed by atoms with E-state index in [1.807, 2.05) is 54.6 Å². The maximum absolute atomic E-state index is 13.9. The molecule has 0 heterocycles. The Morgan fingerprint density at radius 1 is 0.750 bits per heavy atom. The van der Waals surface area contributed by atoms with Crippen molar-refractivity contribution in [1.29, 1.82) is 0 Å². The normalized spacial score (nSPS) is 11.9. The lowest BCUT2D eigenvalue weighted by Crippen LogP contribution is -2.25. The van der Waals surface area contributed by atoms with E-state index in [4.69, 9.17) is 23.2 Å². The summed E-state index contributed by atoms with van der Waals surface area (Å²) in [6, 6.07) is 36.9. The monoisotopic (exact) mass is 676 g/mol. The fourth-order valence-electron chi connectivity index (χ4n) is 5.49. The minimum Gasteiger partial charge on any atom is -0.352 e. The van der Waals surface area contributed by atoms with Crippen LogP contribution in [0.2, 0.25) is 10.0 Å². The number of hydrogen-bond acceptors (Lipinski definition) is 3. The van der Waals surface area contributed by atoms with Crippen LogP contribution in [-0.4, -0.2) is 24.6 Å². The summed E-state index contributed by atoms with van der Waals surface area (Å²) >= 11 is 12.5. The maximum Gasteiger partial charge on any atom is 0.251 e. The smallest absolute Gasteiger partial charge is 0.251 e. The fraction of sp³-hybridized carbons (Fsp3) is 0.195. The van der Waals surface area contributed by atoms with Gasteiger partial charge in [0.1, 0.15) is 6.29 Å². The van der Waals surface area contributed by atoms with Gasteiger partial charge in [-0.05, 0) is 81.6 Å². The van der Waals surface area contributed by atoms with Crippen molar-refractivity contribution in [1.82, 2.24) is 5.32 Å². The molecule has 0 aliphatic heterocycles. The van der Waals surface area contributed by atoms with E-state index in [0.717, 1.165) is 39.7 Å². The lowest BCUT2D eigenvalue weighted by atomic mass is 9.86. The second kappa shape index (κ2) is 15.5. The molecule has 5 aromatic carbocycles. The SMILES string of the molecule is CC(C)(C)c1ccc(-c2ccc(C(Cc3ccc(C(=O)NCCC=O)cc3)C(=O)Nc3ccc(-c4ccc(Cl)cc4Cl)cc3)cc2)cc1. The van der Waals surface area contributed by atoms with E-state index in [2.05, 4.69) is 67.8 Å². The summed E-state index contributed by atoms with van der Waals surface area (Å²) in [4.78, 5) is 37.0. The lowest BCUT2D eigenvalue weighted by molar-refractivity contribution is -0.117. The predicted octanol–water partition coefficient (Wildman–Crippen LogP) is 9.91. The van der Waals surface area contributed by atoms with Crippen molar-refractivity contribution in [2.24, 2.45) is 0 Å². The van der Waals surface area contributed by atoms with Gasteiger partial charge in [-0.1, -0.05) is 123 Å². The van der Waals surface area contributed by atoms with Crippen LogP contribution in [0.4, 0.5) is 5.69 Å². The molecule has 0 aliphatic carbocycles. The summed E-state index contributed by atoms with van der Waals surface area (Å²) < 4.78 is 0. The summed E-state index contributed by atoms with van der Waals surface area (Å²) in [7, 11) is 0. The Kier molecular flexibility index (Phi) is 11.2. The van der Waals surface area contributed by atoms with Crippen LogP contribution < -0.4 is 10.6 Å². The number of hydrogen-bond donors (Lipinski definition) is 2. The number of nitrogens with one attached hydrogen (secondary N) is 2. The summed E-state index contributed by atoms with van der Waals surface area (Å²) in [6.45, 7) is 6.88. The van der Waals surface area contributed by atoms with Crippen molar-refractivity contribution < 1.29 is 14.4 Å². The molecule has 1 unspecified atom stereocenters. The zero-order valence-electron chi connectivity index (χ0n) is 27.2. The molecule has 0 fully saturated rings. The third-order valence-electron chi connectivity index (χ3n) is 8.31. The average Bonchev–Trinajstić information content (AvgIpc) is 3.08. The maximum atomic E-state index is 13.9. The number of anilines is 1. The average molecular weight is 678 g/mol. The summed E-state index contributed by atoms with van der Waals surface area (Å²) in [6.07, 6.45) is 1.46. The van der Waals surface area contributed by atoms with E-state index in [1.165, 1.54) is 5.56 Å². The molecule has 2 N–H and O–H groups in total. The number of benzene rings is 5. The summed E-state index contributed by atoms with van der Waals surface area (Å²) in [5, 5.41) is 6.96. The Balaban J connectivity index is 1.38.